The van der Waals surface area contributed by atoms with Gasteiger partial charge in [-0.3, -0.25) is 4.79 Å². The zero-order valence-corrected chi connectivity index (χ0v) is 7.25. The molecule has 3 nitrogen and oxygen atoms in total. The molecule has 0 aromatic carbocycles. The van der Waals surface area contributed by atoms with Gasteiger partial charge in [0.05, 0.1) is 17.2 Å². The molecule has 2 heterocycles. The van der Waals surface area contributed by atoms with Gasteiger partial charge < -0.3 is 9.73 Å². The molecule has 1 aromatic heterocycles. The summed E-state index contributed by atoms with van der Waals surface area (Å²) in [6.45, 7) is 1.85. The second kappa shape index (κ2) is 2.23. The van der Waals surface area contributed by atoms with Crippen molar-refractivity contribution < 1.29 is 9.21 Å². The number of ketones is 1. The number of piperidine rings is 1. The van der Waals surface area contributed by atoms with Crippen molar-refractivity contribution >= 4 is 5.78 Å². The highest BCUT2D eigenvalue weighted by Gasteiger charge is 2.62. The molecule has 1 aliphatic carbocycles. The molecule has 1 saturated heterocycles. The largest absolute Gasteiger partial charge is 0.472 e. The van der Waals surface area contributed by atoms with Gasteiger partial charge in [-0.15, -0.1) is 0 Å². The molecular weight excluding hydrogens is 166 g/mol. The Bertz CT molecular complexity index is 344. The molecule has 68 valence electrons. The molecule has 2 aliphatic rings. The van der Waals surface area contributed by atoms with Crippen molar-refractivity contribution in [3.63, 3.8) is 0 Å². The summed E-state index contributed by atoms with van der Waals surface area (Å²) < 4.78 is 4.92. The molecule has 2 atom stereocenters. The molecule has 1 aromatic rings. The van der Waals surface area contributed by atoms with Crippen LogP contribution in [0.4, 0.5) is 0 Å². The zero-order chi connectivity index (χ0) is 8.89. The van der Waals surface area contributed by atoms with E-state index in [-0.39, 0.29) is 11.2 Å². The first kappa shape index (κ1) is 7.33. The minimum atomic E-state index is -0.0656. The van der Waals surface area contributed by atoms with E-state index in [9.17, 15) is 4.79 Å². The second-order valence-electron chi connectivity index (χ2n) is 4.03. The van der Waals surface area contributed by atoms with Gasteiger partial charge in [0.15, 0.2) is 5.78 Å². The summed E-state index contributed by atoms with van der Waals surface area (Å²) in [6, 6.07) is 1.75. The predicted molar refractivity (Wildman–Crippen MR) is 46.4 cm³/mol. The highest BCUT2D eigenvalue weighted by molar-refractivity contribution is 6.02. The van der Waals surface area contributed by atoms with Crippen LogP contribution in [0.15, 0.2) is 23.0 Å². The van der Waals surface area contributed by atoms with Crippen LogP contribution in [-0.2, 0) is 0 Å². The van der Waals surface area contributed by atoms with E-state index in [0.29, 0.717) is 5.92 Å². The van der Waals surface area contributed by atoms with Crippen LogP contribution >= 0.6 is 0 Å². The fraction of sp³-hybridized carbons (Fsp3) is 0.500. The normalized spacial score (nSPS) is 35.8. The van der Waals surface area contributed by atoms with Crippen LogP contribution in [0, 0.1) is 11.3 Å². The van der Waals surface area contributed by atoms with Gasteiger partial charge >= 0.3 is 0 Å². The van der Waals surface area contributed by atoms with Crippen LogP contribution < -0.4 is 5.32 Å². The molecule has 1 aliphatic heterocycles. The first-order chi connectivity index (χ1) is 6.33. The number of Topliss-reactive ketones (excluding diaryl/α,β-unsaturated/α-hetero) is 1. The monoisotopic (exact) mass is 177 g/mol. The molecule has 3 rings (SSSR count). The zero-order valence-electron chi connectivity index (χ0n) is 7.25. The van der Waals surface area contributed by atoms with Gasteiger partial charge in [0, 0.05) is 6.54 Å². The third kappa shape index (κ3) is 0.851. The van der Waals surface area contributed by atoms with Gasteiger partial charge in [0.1, 0.15) is 6.26 Å². The number of rotatable bonds is 2. The van der Waals surface area contributed by atoms with E-state index in [4.69, 9.17) is 4.42 Å². The average molecular weight is 177 g/mol. The minimum absolute atomic E-state index is 0.0656. The standard InChI is InChI=1S/C10H11NO2/c12-9(7-1-2-13-5-7)10-3-8(10)4-11-6-10/h1-2,5,8,11H,3-4,6H2. The van der Waals surface area contributed by atoms with Crippen LogP contribution in [0.1, 0.15) is 16.8 Å². The van der Waals surface area contributed by atoms with Crippen molar-refractivity contribution in [3.8, 4) is 0 Å². The third-order valence-corrected chi connectivity index (χ3v) is 3.30. The summed E-state index contributed by atoms with van der Waals surface area (Å²) in [7, 11) is 0. The fourth-order valence-electron chi connectivity index (χ4n) is 2.37. The first-order valence-corrected chi connectivity index (χ1v) is 4.61. The Balaban J connectivity index is 1.91. The van der Waals surface area contributed by atoms with Gasteiger partial charge in [-0.25, -0.2) is 0 Å². The molecule has 2 unspecified atom stereocenters. The Morgan fingerprint density at radius 3 is 3.15 bits per heavy atom. The summed E-state index contributed by atoms with van der Waals surface area (Å²) in [5, 5.41) is 3.25. The van der Waals surface area contributed by atoms with Gasteiger partial charge in [-0.2, -0.15) is 0 Å². The van der Waals surface area contributed by atoms with E-state index in [1.54, 1.807) is 18.6 Å². The highest BCUT2D eigenvalue weighted by Crippen LogP contribution is 2.56. The fourth-order valence-corrected chi connectivity index (χ4v) is 2.37. The lowest BCUT2D eigenvalue weighted by molar-refractivity contribution is 0.0902. The summed E-state index contributed by atoms with van der Waals surface area (Å²) >= 11 is 0. The number of carbonyl (C=O) groups is 1. The van der Waals surface area contributed by atoms with Crippen molar-refractivity contribution in [1.82, 2.24) is 5.32 Å². The molecular formula is C10H11NO2. The first-order valence-electron chi connectivity index (χ1n) is 4.61. The molecule has 0 amide bonds. The van der Waals surface area contributed by atoms with Crippen molar-refractivity contribution in [2.75, 3.05) is 13.1 Å². The Morgan fingerprint density at radius 2 is 2.62 bits per heavy atom. The maximum Gasteiger partial charge on any atom is 0.173 e. The van der Waals surface area contributed by atoms with Crippen LogP contribution in [0.2, 0.25) is 0 Å². The maximum absolute atomic E-state index is 12.0. The van der Waals surface area contributed by atoms with Crippen molar-refractivity contribution in [2.24, 2.45) is 11.3 Å². The molecule has 1 saturated carbocycles. The lowest BCUT2D eigenvalue weighted by Gasteiger charge is -2.07. The SMILES string of the molecule is O=C(c1ccoc1)C12CNCC1C2. The summed E-state index contributed by atoms with van der Waals surface area (Å²) in [5.41, 5.74) is 0.662. The maximum atomic E-state index is 12.0. The molecule has 13 heavy (non-hydrogen) atoms. The summed E-state index contributed by atoms with van der Waals surface area (Å²) in [4.78, 5) is 12.0. The molecule has 1 N–H and O–H groups in total. The van der Waals surface area contributed by atoms with E-state index >= 15 is 0 Å². The molecule has 3 heteroatoms. The molecule has 0 spiro atoms. The lowest BCUT2D eigenvalue weighted by Crippen LogP contribution is -2.23. The highest BCUT2D eigenvalue weighted by atomic mass is 16.3. The number of fused-ring (bicyclic) bond motifs is 1. The topological polar surface area (TPSA) is 42.2 Å². The Morgan fingerprint density at radius 1 is 1.69 bits per heavy atom. The van der Waals surface area contributed by atoms with Crippen molar-refractivity contribution in [2.45, 2.75) is 6.42 Å². The van der Waals surface area contributed by atoms with Gasteiger partial charge in [0.2, 0.25) is 0 Å². The number of furan rings is 1. The number of carbonyl (C=O) groups excluding carboxylic acids is 1. The third-order valence-electron chi connectivity index (χ3n) is 3.30. The van der Waals surface area contributed by atoms with E-state index < -0.39 is 0 Å². The van der Waals surface area contributed by atoms with Gasteiger partial charge in [0.25, 0.3) is 0 Å². The Labute approximate surface area is 76.1 Å². The minimum Gasteiger partial charge on any atom is -0.472 e. The van der Waals surface area contributed by atoms with Crippen LogP contribution in [-0.4, -0.2) is 18.9 Å². The van der Waals surface area contributed by atoms with Crippen LogP contribution in [0.5, 0.6) is 0 Å². The molecule has 0 bridgehead atoms. The average Bonchev–Trinajstić information content (AvgIpc) is 2.63. The summed E-state index contributed by atoms with van der Waals surface area (Å²) in [6.07, 6.45) is 4.17. The van der Waals surface area contributed by atoms with E-state index in [1.807, 2.05) is 0 Å². The predicted octanol–water partition coefficient (Wildman–Crippen LogP) is 1.07. The van der Waals surface area contributed by atoms with E-state index in [0.717, 1.165) is 25.1 Å². The lowest BCUT2D eigenvalue weighted by atomic mass is 9.96. The number of nitrogens with one attached hydrogen (secondary N) is 1. The second-order valence-corrected chi connectivity index (χ2v) is 4.03. The number of hydrogen-bond acceptors (Lipinski definition) is 3. The number of hydrogen-bond donors (Lipinski definition) is 1. The van der Waals surface area contributed by atoms with Crippen LogP contribution in [0.3, 0.4) is 0 Å². The smallest absolute Gasteiger partial charge is 0.173 e. The molecule has 0 radical (unpaired) electrons. The Kier molecular flexibility index (Phi) is 1.26. The quantitative estimate of drug-likeness (QED) is 0.687. The Hall–Kier alpha value is -1.09. The van der Waals surface area contributed by atoms with Gasteiger partial charge in [-0.1, -0.05) is 0 Å². The van der Waals surface area contributed by atoms with Gasteiger partial charge in [-0.05, 0) is 24.9 Å². The summed E-state index contributed by atoms with van der Waals surface area (Å²) in [5.74, 6) is 0.839. The van der Waals surface area contributed by atoms with Crippen LogP contribution in [0.25, 0.3) is 0 Å². The van der Waals surface area contributed by atoms with E-state index in [2.05, 4.69) is 5.32 Å². The molecule has 2 fully saturated rings. The van der Waals surface area contributed by atoms with E-state index in [1.165, 1.54) is 0 Å². The van der Waals surface area contributed by atoms with Crippen molar-refractivity contribution in [1.29, 1.82) is 0 Å². The van der Waals surface area contributed by atoms with Crippen molar-refractivity contribution in [3.05, 3.63) is 24.2 Å².